The first kappa shape index (κ1) is 14.1. The van der Waals surface area contributed by atoms with Crippen LogP contribution in [0.5, 0.6) is 11.5 Å². The summed E-state index contributed by atoms with van der Waals surface area (Å²) < 4.78 is 0. The van der Waals surface area contributed by atoms with Crippen LogP contribution in [-0.2, 0) is 28.9 Å². The SMILES string of the molecule is O=C(Cc1ccc2c(c1)CC(=O)N2)Cc1cc(O)ccc1O. The lowest BCUT2D eigenvalue weighted by Crippen LogP contribution is -2.07. The minimum atomic E-state index is -0.0712. The molecule has 0 bridgehead atoms. The molecule has 0 unspecified atom stereocenters. The fraction of sp³-hybridized carbons (Fsp3) is 0.176. The van der Waals surface area contributed by atoms with Crippen LogP contribution in [0.15, 0.2) is 36.4 Å². The molecule has 3 rings (SSSR count). The second-order valence-electron chi connectivity index (χ2n) is 5.42. The van der Waals surface area contributed by atoms with Crippen molar-refractivity contribution in [2.45, 2.75) is 19.3 Å². The minimum absolute atomic E-state index is 0.00472. The molecule has 1 aliphatic rings. The molecule has 0 saturated carbocycles. The zero-order valence-corrected chi connectivity index (χ0v) is 11.8. The summed E-state index contributed by atoms with van der Waals surface area (Å²) in [6, 6.07) is 9.59. The van der Waals surface area contributed by atoms with Gasteiger partial charge in [-0.05, 0) is 35.4 Å². The molecule has 0 saturated heterocycles. The topological polar surface area (TPSA) is 86.6 Å². The number of Topliss-reactive ketones (excluding diaryl/α,β-unsaturated/α-hetero) is 1. The Hall–Kier alpha value is -2.82. The smallest absolute Gasteiger partial charge is 0.228 e. The van der Waals surface area contributed by atoms with E-state index in [0.717, 1.165) is 16.8 Å². The van der Waals surface area contributed by atoms with Gasteiger partial charge in [0, 0.05) is 24.1 Å². The van der Waals surface area contributed by atoms with E-state index in [2.05, 4.69) is 5.32 Å². The molecule has 22 heavy (non-hydrogen) atoms. The molecule has 0 fully saturated rings. The monoisotopic (exact) mass is 297 g/mol. The molecule has 2 aromatic rings. The van der Waals surface area contributed by atoms with E-state index in [-0.39, 0.29) is 36.0 Å². The summed E-state index contributed by atoms with van der Waals surface area (Å²) in [6.45, 7) is 0. The number of carbonyl (C=O) groups is 2. The standard InChI is InChI=1S/C17H15NO4/c19-13-2-4-16(21)12(7-13)8-14(20)6-10-1-3-15-11(5-10)9-17(22)18-15/h1-5,7,19,21H,6,8-9H2,(H,18,22). The van der Waals surface area contributed by atoms with Gasteiger partial charge in [0.25, 0.3) is 0 Å². The number of aromatic hydroxyl groups is 2. The van der Waals surface area contributed by atoms with E-state index >= 15 is 0 Å². The number of fused-ring (bicyclic) bond motifs is 1. The highest BCUT2D eigenvalue weighted by Gasteiger charge is 2.18. The van der Waals surface area contributed by atoms with Gasteiger partial charge in [-0.2, -0.15) is 0 Å². The molecule has 3 N–H and O–H groups in total. The van der Waals surface area contributed by atoms with Crippen LogP contribution in [0.25, 0.3) is 0 Å². The average molecular weight is 297 g/mol. The molecule has 1 aliphatic heterocycles. The number of amides is 1. The van der Waals surface area contributed by atoms with Gasteiger partial charge in [0.2, 0.25) is 5.91 Å². The zero-order chi connectivity index (χ0) is 15.7. The van der Waals surface area contributed by atoms with E-state index in [1.807, 2.05) is 12.1 Å². The number of ketones is 1. The van der Waals surface area contributed by atoms with Gasteiger partial charge < -0.3 is 15.5 Å². The Morgan fingerprint density at radius 2 is 1.91 bits per heavy atom. The van der Waals surface area contributed by atoms with Crippen LogP contribution in [0, 0.1) is 0 Å². The second kappa shape index (κ2) is 5.52. The number of anilines is 1. The fourth-order valence-corrected chi connectivity index (χ4v) is 2.61. The predicted octanol–water partition coefficient (Wildman–Crippen LogP) is 1.95. The number of rotatable bonds is 4. The number of benzene rings is 2. The van der Waals surface area contributed by atoms with Crippen molar-refractivity contribution in [3.05, 3.63) is 53.1 Å². The van der Waals surface area contributed by atoms with Gasteiger partial charge in [-0.15, -0.1) is 0 Å². The van der Waals surface area contributed by atoms with Gasteiger partial charge in [-0.3, -0.25) is 9.59 Å². The molecule has 0 aliphatic carbocycles. The van der Waals surface area contributed by atoms with E-state index in [9.17, 15) is 19.8 Å². The number of nitrogens with one attached hydrogen (secondary N) is 1. The van der Waals surface area contributed by atoms with Crippen LogP contribution < -0.4 is 5.32 Å². The summed E-state index contributed by atoms with van der Waals surface area (Å²) >= 11 is 0. The van der Waals surface area contributed by atoms with Crippen LogP contribution in [0.4, 0.5) is 5.69 Å². The van der Waals surface area contributed by atoms with Crippen molar-refractivity contribution in [2.75, 3.05) is 5.32 Å². The Morgan fingerprint density at radius 3 is 2.73 bits per heavy atom. The van der Waals surface area contributed by atoms with E-state index < -0.39 is 0 Å². The largest absolute Gasteiger partial charge is 0.508 e. The van der Waals surface area contributed by atoms with E-state index in [1.165, 1.54) is 18.2 Å². The summed E-state index contributed by atoms with van der Waals surface area (Å²) in [5.74, 6) is -0.0982. The first-order chi connectivity index (χ1) is 10.5. The van der Waals surface area contributed by atoms with Crippen molar-refractivity contribution in [3.8, 4) is 11.5 Å². The quantitative estimate of drug-likeness (QED) is 0.753. The van der Waals surface area contributed by atoms with Crippen LogP contribution in [0.3, 0.4) is 0 Å². The van der Waals surface area contributed by atoms with Gasteiger partial charge in [0.05, 0.1) is 6.42 Å². The third-order valence-electron chi connectivity index (χ3n) is 3.65. The molecule has 1 heterocycles. The van der Waals surface area contributed by atoms with Crippen molar-refractivity contribution in [2.24, 2.45) is 0 Å². The van der Waals surface area contributed by atoms with Gasteiger partial charge in [0.1, 0.15) is 17.3 Å². The normalized spacial score (nSPS) is 12.8. The van der Waals surface area contributed by atoms with Crippen LogP contribution in [-0.4, -0.2) is 21.9 Å². The molecular weight excluding hydrogens is 282 g/mol. The third-order valence-corrected chi connectivity index (χ3v) is 3.65. The Kier molecular flexibility index (Phi) is 3.55. The van der Waals surface area contributed by atoms with E-state index in [1.54, 1.807) is 6.07 Å². The molecule has 2 aromatic carbocycles. The number of hydrogen-bond acceptors (Lipinski definition) is 4. The molecule has 5 heteroatoms. The lowest BCUT2D eigenvalue weighted by atomic mass is 10.00. The number of hydrogen-bond donors (Lipinski definition) is 3. The summed E-state index contributed by atoms with van der Waals surface area (Å²) in [5, 5.41) is 21.9. The van der Waals surface area contributed by atoms with Crippen molar-refractivity contribution >= 4 is 17.4 Å². The highest BCUT2D eigenvalue weighted by atomic mass is 16.3. The summed E-state index contributed by atoms with van der Waals surface area (Å²) in [6.07, 6.45) is 0.607. The Bertz CT molecular complexity index is 767. The van der Waals surface area contributed by atoms with Gasteiger partial charge in [0.15, 0.2) is 0 Å². The zero-order valence-electron chi connectivity index (χ0n) is 11.8. The highest BCUT2D eigenvalue weighted by molar-refractivity contribution is 5.99. The maximum absolute atomic E-state index is 12.1. The highest BCUT2D eigenvalue weighted by Crippen LogP contribution is 2.25. The number of phenols is 2. The predicted molar refractivity (Wildman–Crippen MR) is 81.0 cm³/mol. The fourth-order valence-electron chi connectivity index (χ4n) is 2.61. The van der Waals surface area contributed by atoms with E-state index in [0.29, 0.717) is 12.0 Å². The lowest BCUT2D eigenvalue weighted by Gasteiger charge is -2.06. The maximum atomic E-state index is 12.1. The van der Waals surface area contributed by atoms with Gasteiger partial charge >= 0.3 is 0 Å². The Morgan fingerprint density at radius 1 is 1.09 bits per heavy atom. The molecule has 0 spiro atoms. The summed E-state index contributed by atoms with van der Waals surface area (Å²) in [4.78, 5) is 23.4. The Balaban J connectivity index is 1.71. The summed E-state index contributed by atoms with van der Waals surface area (Å²) in [7, 11) is 0. The Labute approximate surface area is 127 Å². The average Bonchev–Trinajstić information content (AvgIpc) is 2.82. The van der Waals surface area contributed by atoms with Crippen LogP contribution in [0.2, 0.25) is 0 Å². The molecule has 0 atom stereocenters. The molecule has 0 radical (unpaired) electrons. The van der Waals surface area contributed by atoms with Crippen molar-refractivity contribution in [1.29, 1.82) is 0 Å². The van der Waals surface area contributed by atoms with Gasteiger partial charge in [-0.25, -0.2) is 0 Å². The maximum Gasteiger partial charge on any atom is 0.228 e. The molecule has 1 amide bonds. The molecule has 5 nitrogen and oxygen atoms in total. The molecule has 0 aromatic heterocycles. The number of carbonyl (C=O) groups excluding carboxylic acids is 2. The molecular formula is C17H15NO4. The number of phenolic OH excluding ortho intramolecular Hbond substituents is 2. The minimum Gasteiger partial charge on any atom is -0.508 e. The molecule has 112 valence electrons. The lowest BCUT2D eigenvalue weighted by molar-refractivity contribution is -0.118. The first-order valence-corrected chi connectivity index (χ1v) is 6.95. The van der Waals surface area contributed by atoms with E-state index in [4.69, 9.17) is 0 Å². The second-order valence-corrected chi connectivity index (χ2v) is 5.42. The van der Waals surface area contributed by atoms with Crippen molar-refractivity contribution in [1.82, 2.24) is 0 Å². The van der Waals surface area contributed by atoms with Gasteiger partial charge in [-0.1, -0.05) is 12.1 Å². The van der Waals surface area contributed by atoms with Crippen LogP contribution in [0.1, 0.15) is 16.7 Å². The first-order valence-electron chi connectivity index (χ1n) is 6.95. The van der Waals surface area contributed by atoms with Crippen molar-refractivity contribution in [3.63, 3.8) is 0 Å². The summed E-state index contributed by atoms with van der Waals surface area (Å²) in [5.41, 5.74) is 2.94. The third kappa shape index (κ3) is 2.93. The van der Waals surface area contributed by atoms with Crippen molar-refractivity contribution < 1.29 is 19.8 Å². The van der Waals surface area contributed by atoms with Crippen LogP contribution >= 0.6 is 0 Å².